The third-order valence-electron chi connectivity index (χ3n) is 11.7. The van der Waals surface area contributed by atoms with Gasteiger partial charge >= 0.3 is 0 Å². The molecule has 0 saturated heterocycles. The van der Waals surface area contributed by atoms with Crippen molar-refractivity contribution in [2.24, 2.45) is 0 Å². The standard InChI is InChI=1S/C57H35N3O2/c1-3-12-36(13-4-1)37-22-24-38(25-23-37)40-16-11-17-43(30-40)56-58-55(39-14-5-2-6-15-39)59-57(60-56)46-32-44(41-26-28-53-49(34-41)47-18-7-9-20-51(47)61-53)31-45(33-46)42-27-29-54-50(35-42)48-19-8-10-21-52(48)62-54/h1-35H. The lowest BCUT2D eigenvalue weighted by atomic mass is 9.94. The zero-order valence-corrected chi connectivity index (χ0v) is 33.4. The Labute approximate surface area is 357 Å². The SMILES string of the molecule is c1ccc(-c2ccc(-c3cccc(-c4nc(-c5ccccc5)nc(-c5cc(-c6ccc7oc8ccccc8c7c6)cc(-c6ccc7oc8ccccc8c7c6)c5)n4)c3)cc2)cc1. The molecule has 62 heavy (non-hydrogen) atoms. The number of hydrogen-bond acceptors (Lipinski definition) is 5. The van der Waals surface area contributed by atoms with Gasteiger partial charge in [-0.2, -0.15) is 0 Å². The van der Waals surface area contributed by atoms with E-state index >= 15 is 0 Å². The summed E-state index contributed by atoms with van der Waals surface area (Å²) in [6.45, 7) is 0. The number of furan rings is 2. The Hall–Kier alpha value is -8.41. The molecular weight excluding hydrogens is 759 g/mol. The third-order valence-corrected chi connectivity index (χ3v) is 11.7. The van der Waals surface area contributed by atoms with Gasteiger partial charge in [0.2, 0.25) is 0 Å². The van der Waals surface area contributed by atoms with Crippen molar-refractivity contribution >= 4 is 43.9 Å². The zero-order chi connectivity index (χ0) is 41.0. The Bertz CT molecular complexity index is 3490. The van der Waals surface area contributed by atoms with Crippen molar-refractivity contribution in [1.82, 2.24) is 15.0 Å². The van der Waals surface area contributed by atoms with Crippen molar-refractivity contribution in [3.05, 3.63) is 212 Å². The summed E-state index contributed by atoms with van der Waals surface area (Å²) in [4.78, 5) is 15.6. The summed E-state index contributed by atoms with van der Waals surface area (Å²) in [5, 5.41) is 4.31. The molecular formula is C57H35N3O2. The molecule has 9 aromatic carbocycles. The minimum absolute atomic E-state index is 0.583. The van der Waals surface area contributed by atoms with Crippen LogP contribution in [-0.2, 0) is 0 Å². The lowest BCUT2D eigenvalue weighted by Crippen LogP contribution is -2.00. The average Bonchev–Trinajstić information content (AvgIpc) is 3.92. The summed E-state index contributed by atoms with van der Waals surface area (Å²) in [5.74, 6) is 1.79. The second-order valence-electron chi connectivity index (χ2n) is 15.6. The topological polar surface area (TPSA) is 65.0 Å². The molecule has 3 aromatic heterocycles. The van der Waals surface area contributed by atoms with Gasteiger partial charge in [0.05, 0.1) is 0 Å². The van der Waals surface area contributed by atoms with Gasteiger partial charge in [0.15, 0.2) is 17.5 Å². The highest BCUT2D eigenvalue weighted by Gasteiger charge is 2.17. The Morgan fingerprint density at radius 2 is 0.565 bits per heavy atom. The minimum Gasteiger partial charge on any atom is -0.456 e. The van der Waals surface area contributed by atoms with E-state index in [0.29, 0.717) is 17.5 Å². The van der Waals surface area contributed by atoms with Crippen molar-refractivity contribution in [3.8, 4) is 78.7 Å². The first-order valence-corrected chi connectivity index (χ1v) is 20.7. The minimum atomic E-state index is 0.583. The number of nitrogens with zero attached hydrogens (tertiary/aromatic N) is 3. The van der Waals surface area contributed by atoms with Crippen LogP contribution in [-0.4, -0.2) is 15.0 Å². The molecule has 0 N–H and O–H groups in total. The first-order chi connectivity index (χ1) is 30.7. The van der Waals surface area contributed by atoms with Crippen LogP contribution in [0, 0.1) is 0 Å². The summed E-state index contributed by atoms with van der Waals surface area (Å²) in [5.41, 5.74) is 14.9. The molecule has 0 aliphatic rings. The van der Waals surface area contributed by atoms with E-state index in [9.17, 15) is 0 Å². The highest BCUT2D eigenvalue weighted by Crippen LogP contribution is 2.39. The molecule has 12 rings (SSSR count). The highest BCUT2D eigenvalue weighted by molar-refractivity contribution is 6.07. The summed E-state index contributed by atoms with van der Waals surface area (Å²) >= 11 is 0. The maximum atomic E-state index is 6.23. The van der Waals surface area contributed by atoms with Gasteiger partial charge in [0.25, 0.3) is 0 Å². The van der Waals surface area contributed by atoms with E-state index in [4.69, 9.17) is 23.8 Å². The van der Waals surface area contributed by atoms with Crippen LogP contribution in [0.5, 0.6) is 0 Å². The number of para-hydroxylation sites is 2. The van der Waals surface area contributed by atoms with Crippen LogP contribution in [0.1, 0.15) is 0 Å². The van der Waals surface area contributed by atoms with Crippen molar-refractivity contribution in [1.29, 1.82) is 0 Å². The van der Waals surface area contributed by atoms with Gasteiger partial charge in [-0.3, -0.25) is 0 Å². The molecule has 0 aliphatic heterocycles. The monoisotopic (exact) mass is 793 g/mol. The molecule has 3 heterocycles. The quantitative estimate of drug-likeness (QED) is 0.161. The maximum absolute atomic E-state index is 6.23. The molecule has 0 amide bonds. The largest absolute Gasteiger partial charge is 0.456 e. The van der Waals surface area contributed by atoms with Gasteiger partial charge in [-0.05, 0) is 105 Å². The smallest absolute Gasteiger partial charge is 0.164 e. The molecule has 0 spiro atoms. The van der Waals surface area contributed by atoms with E-state index < -0.39 is 0 Å². The van der Waals surface area contributed by atoms with Crippen molar-refractivity contribution in [2.45, 2.75) is 0 Å². The van der Waals surface area contributed by atoms with Crippen LogP contribution in [0.4, 0.5) is 0 Å². The first-order valence-electron chi connectivity index (χ1n) is 20.7. The van der Waals surface area contributed by atoms with Crippen molar-refractivity contribution in [3.63, 3.8) is 0 Å². The van der Waals surface area contributed by atoms with Crippen LogP contribution >= 0.6 is 0 Å². The highest BCUT2D eigenvalue weighted by atomic mass is 16.3. The molecule has 290 valence electrons. The molecule has 5 heteroatoms. The fourth-order valence-corrected chi connectivity index (χ4v) is 8.58. The zero-order valence-electron chi connectivity index (χ0n) is 33.4. The van der Waals surface area contributed by atoms with Crippen LogP contribution in [0.15, 0.2) is 221 Å². The Morgan fingerprint density at radius 3 is 1.15 bits per heavy atom. The van der Waals surface area contributed by atoms with E-state index in [0.717, 1.165) is 93.9 Å². The maximum Gasteiger partial charge on any atom is 0.164 e. The van der Waals surface area contributed by atoms with Gasteiger partial charge in [0.1, 0.15) is 22.3 Å². The normalized spacial score (nSPS) is 11.5. The predicted octanol–water partition coefficient (Wildman–Crippen LogP) is 15.3. The Kier molecular flexibility index (Phi) is 8.42. The second kappa shape index (κ2) is 14.7. The summed E-state index contributed by atoms with van der Waals surface area (Å²) < 4.78 is 12.5. The van der Waals surface area contributed by atoms with Crippen LogP contribution in [0.2, 0.25) is 0 Å². The van der Waals surface area contributed by atoms with E-state index in [1.54, 1.807) is 0 Å². The van der Waals surface area contributed by atoms with Gasteiger partial charge in [0, 0.05) is 38.2 Å². The molecule has 0 aliphatic carbocycles. The van der Waals surface area contributed by atoms with Gasteiger partial charge in [-0.25, -0.2) is 15.0 Å². The summed E-state index contributed by atoms with van der Waals surface area (Å²) in [7, 11) is 0. The van der Waals surface area contributed by atoms with Crippen molar-refractivity contribution < 1.29 is 8.83 Å². The summed E-state index contributed by atoms with van der Waals surface area (Å²) in [6, 6.07) is 73.6. The lowest BCUT2D eigenvalue weighted by molar-refractivity contribution is 0.668. The number of aromatic nitrogens is 3. The number of fused-ring (bicyclic) bond motifs is 6. The Balaban J connectivity index is 1.03. The van der Waals surface area contributed by atoms with Gasteiger partial charge in [-0.1, -0.05) is 152 Å². The second-order valence-corrected chi connectivity index (χ2v) is 15.6. The van der Waals surface area contributed by atoms with E-state index in [-0.39, 0.29) is 0 Å². The molecule has 5 nitrogen and oxygen atoms in total. The van der Waals surface area contributed by atoms with Gasteiger partial charge in [-0.15, -0.1) is 0 Å². The lowest BCUT2D eigenvalue weighted by Gasteiger charge is -2.13. The molecule has 0 atom stereocenters. The molecule has 0 saturated carbocycles. The molecule has 0 radical (unpaired) electrons. The van der Waals surface area contributed by atoms with Crippen LogP contribution in [0.25, 0.3) is 123 Å². The number of rotatable bonds is 7. The Morgan fingerprint density at radius 1 is 0.210 bits per heavy atom. The van der Waals surface area contributed by atoms with E-state index in [1.807, 2.05) is 60.7 Å². The third kappa shape index (κ3) is 6.40. The fourth-order valence-electron chi connectivity index (χ4n) is 8.58. The first kappa shape index (κ1) is 35.5. The van der Waals surface area contributed by atoms with Crippen LogP contribution < -0.4 is 0 Å². The van der Waals surface area contributed by atoms with Gasteiger partial charge < -0.3 is 8.83 Å². The predicted molar refractivity (Wildman–Crippen MR) is 252 cm³/mol. The number of benzene rings is 9. The van der Waals surface area contributed by atoms with Crippen molar-refractivity contribution in [2.75, 3.05) is 0 Å². The fraction of sp³-hybridized carbons (Fsp3) is 0. The number of hydrogen-bond donors (Lipinski definition) is 0. The van der Waals surface area contributed by atoms with Crippen LogP contribution in [0.3, 0.4) is 0 Å². The molecule has 0 fully saturated rings. The molecule has 0 bridgehead atoms. The average molecular weight is 794 g/mol. The summed E-state index contributed by atoms with van der Waals surface area (Å²) in [6.07, 6.45) is 0. The van der Waals surface area contributed by atoms with E-state index in [2.05, 4.69) is 152 Å². The molecule has 0 unspecified atom stereocenters. The molecule has 12 aromatic rings. The van der Waals surface area contributed by atoms with E-state index in [1.165, 1.54) is 11.1 Å².